The zero-order chi connectivity index (χ0) is 17.0. The number of esters is 1. The molecule has 4 nitrogen and oxygen atoms in total. The van der Waals surface area contributed by atoms with Gasteiger partial charge in [-0.15, -0.1) is 0 Å². The Kier molecular flexibility index (Phi) is 5.51. The Morgan fingerprint density at radius 1 is 1.35 bits per heavy atom. The van der Waals surface area contributed by atoms with E-state index >= 15 is 0 Å². The summed E-state index contributed by atoms with van der Waals surface area (Å²) in [6.07, 6.45) is -2.72. The summed E-state index contributed by atoms with van der Waals surface area (Å²) in [4.78, 5) is 13.5. The summed E-state index contributed by atoms with van der Waals surface area (Å²) in [5.41, 5.74) is 5.49. The first-order valence-electron chi connectivity index (χ1n) is 7.70. The molecule has 1 aromatic carbocycles. The molecule has 0 bridgehead atoms. The van der Waals surface area contributed by atoms with Crippen LogP contribution in [0.25, 0.3) is 0 Å². The van der Waals surface area contributed by atoms with Crippen molar-refractivity contribution in [2.24, 2.45) is 5.73 Å². The van der Waals surface area contributed by atoms with Gasteiger partial charge in [-0.05, 0) is 43.9 Å². The van der Waals surface area contributed by atoms with Gasteiger partial charge in [0.15, 0.2) is 0 Å². The standard InChI is InChI=1S/C16H21F3N2O2/c1-2-23-15(22)14(20)9-11-5-6-12(21-7-3-4-8-21)10-13(11)16(17,18)19/h5-6,10,14H,2-4,7-9,20H2,1H3. The van der Waals surface area contributed by atoms with Crippen LogP contribution in [0.4, 0.5) is 18.9 Å². The zero-order valence-corrected chi connectivity index (χ0v) is 13.0. The van der Waals surface area contributed by atoms with Gasteiger partial charge in [-0.2, -0.15) is 13.2 Å². The van der Waals surface area contributed by atoms with Crippen LogP contribution in [0, 0.1) is 0 Å². The molecule has 1 fully saturated rings. The van der Waals surface area contributed by atoms with Crippen LogP contribution in [0.5, 0.6) is 0 Å². The van der Waals surface area contributed by atoms with E-state index in [1.165, 1.54) is 6.07 Å². The summed E-state index contributed by atoms with van der Waals surface area (Å²) < 4.78 is 44.8. The average Bonchev–Trinajstić information content (AvgIpc) is 3.01. The van der Waals surface area contributed by atoms with E-state index in [0.29, 0.717) is 5.69 Å². The highest BCUT2D eigenvalue weighted by atomic mass is 19.4. The zero-order valence-electron chi connectivity index (χ0n) is 13.0. The Bertz CT molecular complexity index is 555. The summed E-state index contributed by atoms with van der Waals surface area (Å²) in [5, 5.41) is 0. The molecule has 7 heteroatoms. The van der Waals surface area contributed by atoms with Crippen LogP contribution < -0.4 is 10.6 Å². The Hall–Kier alpha value is -1.76. The number of anilines is 1. The van der Waals surface area contributed by atoms with E-state index in [4.69, 9.17) is 10.5 Å². The highest BCUT2D eigenvalue weighted by Crippen LogP contribution is 2.35. The molecule has 1 aromatic rings. The molecule has 1 heterocycles. The summed E-state index contributed by atoms with van der Waals surface area (Å²) >= 11 is 0. The number of rotatable bonds is 5. The first-order valence-corrected chi connectivity index (χ1v) is 7.70. The lowest BCUT2D eigenvalue weighted by Crippen LogP contribution is -2.35. The third-order valence-corrected chi connectivity index (χ3v) is 3.90. The lowest BCUT2D eigenvalue weighted by atomic mass is 9.99. The molecule has 0 saturated carbocycles. The predicted octanol–water partition coefficient (Wildman–Crippen LogP) is 2.74. The predicted molar refractivity (Wildman–Crippen MR) is 81.2 cm³/mol. The van der Waals surface area contributed by atoms with Crippen molar-refractivity contribution in [2.45, 2.75) is 38.4 Å². The fourth-order valence-electron chi connectivity index (χ4n) is 2.75. The van der Waals surface area contributed by atoms with Gasteiger partial charge in [0.2, 0.25) is 0 Å². The largest absolute Gasteiger partial charge is 0.465 e. The molecule has 0 radical (unpaired) electrons. The van der Waals surface area contributed by atoms with E-state index in [1.807, 2.05) is 4.90 Å². The fourth-order valence-corrected chi connectivity index (χ4v) is 2.75. The molecule has 1 aliphatic heterocycles. The van der Waals surface area contributed by atoms with Gasteiger partial charge < -0.3 is 15.4 Å². The van der Waals surface area contributed by atoms with Gasteiger partial charge in [0.05, 0.1) is 12.2 Å². The van der Waals surface area contributed by atoms with Gasteiger partial charge >= 0.3 is 12.1 Å². The summed E-state index contributed by atoms with van der Waals surface area (Å²) in [6.45, 7) is 3.29. The van der Waals surface area contributed by atoms with Gasteiger partial charge in [-0.25, -0.2) is 0 Å². The van der Waals surface area contributed by atoms with Crippen molar-refractivity contribution in [3.05, 3.63) is 29.3 Å². The van der Waals surface area contributed by atoms with Crippen LogP contribution in [0.1, 0.15) is 30.9 Å². The summed E-state index contributed by atoms with van der Waals surface area (Å²) in [5.74, 6) is -0.691. The van der Waals surface area contributed by atoms with Crippen LogP contribution in [-0.4, -0.2) is 31.7 Å². The van der Waals surface area contributed by atoms with Gasteiger partial charge in [0, 0.05) is 18.8 Å². The Morgan fingerprint density at radius 3 is 2.57 bits per heavy atom. The number of benzene rings is 1. The molecule has 0 aliphatic carbocycles. The van der Waals surface area contributed by atoms with Crippen molar-refractivity contribution in [2.75, 3.05) is 24.6 Å². The number of hydrogen-bond acceptors (Lipinski definition) is 4. The minimum Gasteiger partial charge on any atom is -0.465 e. The molecule has 23 heavy (non-hydrogen) atoms. The van der Waals surface area contributed by atoms with Crippen molar-refractivity contribution >= 4 is 11.7 Å². The first-order chi connectivity index (χ1) is 10.8. The molecule has 128 valence electrons. The second-order valence-corrected chi connectivity index (χ2v) is 5.60. The molecule has 0 aromatic heterocycles. The third-order valence-electron chi connectivity index (χ3n) is 3.90. The molecule has 2 N–H and O–H groups in total. The molecular formula is C16H21F3N2O2. The molecule has 1 atom stereocenters. The first kappa shape index (κ1) is 17.6. The van der Waals surface area contributed by atoms with Crippen LogP contribution in [0.15, 0.2) is 18.2 Å². The van der Waals surface area contributed by atoms with Crippen molar-refractivity contribution < 1.29 is 22.7 Å². The highest BCUT2D eigenvalue weighted by Gasteiger charge is 2.35. The van der Waals surface area contributed by atoms with E-state index in [2.05, 4.69) is 0 Å². The molecular weight excluding hydrogens is 309 g/mol. The number of alkyl halides is 3. The molecule has 0 spiro atoms. The summed E-state index contributed by atoms with van der Waals surface area (Å²) in [6, 6.07) is 3.12. The monoisotopic (exact) mass is 330 g/mol. The highest BCUT2D eigenvalue weighted by molar-refractivity contribution is 5.76. The number of ether oxygens (including phenoxy) is 1. The van der Waals surface area contributed by atoms with E-state index in [9.17, 15) is 18.0 Å². The smallest absolute Gasteiger partial charge is 0.416 e. The van der Waals surface area contributed by atoms with Crippen molar-refractivity contribution in [1.29, 1.82) is 0 Å². The maximum Gasteiger partial charge on any atom is 0.416 e. The quantitative estimate of drug-likeness (QED) is 0.844. The second-order valence-electron chi connectivity index (χ2n) is 5.60. The lowest BCUT2D eigenvalue weighted by Gasteiger charge is -2.22. The van der Waals surface area contributed by atoms with Gasteiger partial charge in [0.25, 0.3) is 0 Å². The average molecular weight is 330 g/mol. The Balaban J connectivity index is 2.26. The minimum absolute atomic E-state index is 0.0148. The maximum absolute atomic E-state index is 13.3. The van der Waals surface area contributed by atoms with Crippen LogP contribution in [0.2, 0.25) is 0 Å². The van der Waals surface area contributed by atoms with Crippen LogP contribution >= 0.6 is 0 Å². The van der Waals surface area contributed by atoms with E-state index in [1.54, 1.807) is 13.0 Å². The molecule has 1 saturated heterocycles. The molecule has 1 aliphatic rings. The van der Waals surface area contributed by atoms with Crippen LogP contribution in [0.3, 0.4) is 0 Å². The maximum atomic E-state index is 13.3. The van der Waals surface area contributed by atoms with E-state index < -0.39 is 23.8 Å². The number of halogens is 3. The van der Waals surface area contributed by atoms with Gasteiger partial charge in [0.1, 0.15) is 6.04 Å². The van der Waals surface area contributed by atoms with Crippen molar-refractivity contribution in [3.63, 3.8) is 0 Å². The van der Waals surface area contributed by atoms with E-state index in [-0.39, 0.29) is 18.6 Å². The lowest BCUT2D eigenvalue weighted by molar-refractivity contribution is -0.145. The SMILES string of the molecule is CCOC(=O)C(N)Cc1ccc(N2CCCC2)cc1C(F)(F)F. The van der Waals surface area contributed by atoms with Gasteiger partial charge in [-0.3, -0.25) is 4.79 Å². The van der Waals surface area contributed by atoms with E-state index in [0.717, 1.165) is 32.0 Å². The number of carbonyl (C=O) groups is 1. The number of carbonyl (C=O) groups excluding carboxylic acids is 1. The minimum atomic E-state index is -4.49. The fraction of sp³-hybridized carbons (Fsp3) is 0.562. The van der Waals surface area contributed by atoms with Crippen molar-refractivity contribution in [3.8, 4) is 0 Å². The number of nitrogens with two attached hydrogens (primary N) is 1. The Labute approximate surface area is 133 Å². The summed E-state index contributed by atoms with van der Waals surface area (Å²) in [7, 11) is 0. The van der Waals surface area contributed by atoms with Gasteiger partial charge in [-0.1, -0.05) is 6.07 Å². The topological polar surface area (TPSA) is 55.6 Å². The molecule has 2 rings (SSSR count). The normalized spacial score (nSPS) is 16.5. The van der Waals surface area contributed by atoms with Crippen LogP contribution in [-0.2, 0) is 22.1 Å². The number of hydrogen-bond donors (Lipinski definition) is 1. The van der Waals surface area contributed by atoms with Crippen molar-refractivity contribution in [1.82, 2.24) is 0 Å². The second kappa shape index (κ2) is 7.21. The third kappa shape index (κ3) is 4.37. The number of nitrogens with zero attached hydrogens (tertiary/aromatic N) is 1. The molecule has 0 amide bonds. The Morgan fingerprint density at radius 2 is 2.00 bits per heavy atom. The molecule has 1 unspecified atom stereocenters.